The van der Waals surface area contributed by atoms with Crippen molar-refractivity contribution in [1.29, 1.82) is 0 Å². The van der Waals surface area contributed by atoms with E-state index in [0.29, 0.717) is 18.3 Å². The number of hydrogen-bond acceptors (Lipinski definition) is 4. The number of nitrogens with zero attached hydrogens (tertiary/aromatic N) is 3. The first-order valence-corrected chi connectivity index (χ1v) is 8.19. The summed E-state index contributed by atoms with van der Waals surface area (Å²) in [6, 6.07) is 1.21. The van der Waals surface area contributed by atoms with E-state index in [-0.39, 0.29) is 0 Å². The molecule has 2 rings (SSSR count). The Kier molecular flexibility index (Phi) is 6.10. The van der Waals surface area contributed by atoms with E-state index in [1.54, 1.807) is 0 Å². The minimum absolute atomic E-state index is 0.356. The van der Waals surface area contributed by atoms with Crippen molar-refractivity contribution >= 4 is 5.84 Å². The van der Waals surface area contributed by atoms with Gasteiger partial charge in [0.25, 0.3) is 0 Å². The lowest BCUT2D eigenvalue weighted by Gasteiger charge is -2.42. The Morgan fingerprint density at radius 3 is 2.40 bits per heavy atom. The van der Waals surface area contributed by atoms with E-state index >= 15 is 0 Å². The van der Waals surface area contributed by atoms with Crippen LogP contribution in [0.3, 0.4) is 0 Å². The summed E-state index contributed by atoms with van der Waals surface area (Å²) in [5.74, 6) is 0.356. The third kappa shape index (κ3) is 4.09. The van der Waals surface area contributed by atoms with Crippen molar-refractivity contribution in [2.45, 2.75) is 64.0 Å². The molecule has 0 spiro atoms. The second kappa shape index (κ2) is 7.84. The minimum atomic E-state index is 0.356. The van der Waals surface area contributed by atoms with Gasteiger partial charge in [-0.2, -0.15) is 0 Å². The fraction of sp³-hybridized carbons (Fsp3) is 0.933. The predicted octanol–water partition coefficient (Wildman–Crippen LogP) is 1.85. The van der Waals surface area contributed by atoms with E-state index < -0.39 is 0 Å². The first kappa shape index (κ1) is 15.6. The van der Waals surface area contributed by atoms with E-state index in [9.17, 15) is 0 Å². The van der Waals surface area contributed by atoms with Gasteiger partial charge in [-0.05, 0) is 58.3 Å². The molecule has 2 saturated heterocycles. The largest absolute Gasteiger partial charge is 0.409 e. The Morgan fingerprint density at radius 1 is 1.20 bits per heavy atom. The van der Waals surface area contributed by atoms with E-state index in [0.717, 1.165) is 25.6 Å². The van der Waals surface area contributed by atoms with E-state index in [4.69, 9.17) is 10.9 Å². The molecule has 0 amide bonds. The average Bonchev–Trinajstić information content (AvgIpc) is 2.53. The SMILES string of the molecule is CCC(CC(N)=NO)N1CCC(N2CCCCC2)CC1. The molecular weight excluding hydrogens is 252 g/mol. The molecule has 116 valence electrons. The van der Waals surface area contributed by atoms with Crippen LogP contribution >= 0.6 is 0 Å². The van der Waals surface area contributed by atoms with Gasteiger partial charge in [0, 0.05) is 18.5 Å². The summed E-state index contributed by atoms with van der Waals surface area (Å²) in [5.41, 5.74) is 5.67. The monoisotopic (exact) mass is 282 g/mol. The number of rotatable bonds is 5. The highest BCUT2D eigenvalue weighted by atomic mass is 16.4. The summed E-state index contributed by atoms with van der Waals surface area (Å²) < 4.78 is 0. The fourth-order valence-electron chi connectivity index (χ4n) is 3.71. The number of piperidine rings is 2. The van der Waals surface area contributed by atoms with Gasteiger partial charge in [0.1, 0.15) is 5.84 Å². The number of likely N-dealkylation sites (tertiary alicyclic amines) is 2. The van der Waals surface area contributed by atoms with Crippen molar-refractivity contribution in [3.05, 3.63) is 0 Å². The summed E-state index contributed by atoms with van der Waals surface area (Å²) >= 11 is 0. The molecule has 1 unspecified atom stereocenters. The maximum absolute atomic E-state index is 8.73. The molecule has 0 aliphatic carbocycles. The summed E-state index contributed by atoms with van der Waals surface area (Å²) in [4.78, 5) is 5.23. The Hall–Kier alpha value is -0.810. The minimum Gasteiger partial charge on any atom is -0.409 e. The van der Waals surface area contributed by atoms with Crippen molar-refractivity contribution in [3.8, 4) is 0 Å². The number of hydrogen-bond donors (Lipinski definition) is 2. The van der Waals surface area contributed by atoms with Crippen LogP contribution in [0.15, 0.2) is 5.16 Å². The highest BCUT2D eigenvalue weighted by Gasteiger charge is 2.28. The quantitative estimate of drug-likeness (QED) is 0.349. The predicted molar refractivity (Wildman–Crippen MR) is 82.1 cm³/mol. The normalized spacial score (nSPS) is 25.8. The van der Waals surface area contributed by atoms with Crippen molar-refractivity contribution in [2.24, 2.45) is 10.9 Å². The van der Waals surface area contributed by atoms with Crippen LogP contribution in [0.2, 0.25) is 0 Å². The first-order valence-electron chi connectivity index (χ1n) is 8.19. The van der Waals surface area contributed by atoms with Crippen LogP contribution < -0.4 is 5.73 Å². The van der Waals surface area contributed by atoms with Crippen LogP contribution in [-0.4, -0.2) is 59.1 Å². The molecule has 0 saturated carbocycles. The third-order valence-electron chi connectivity index (χ3n) is 4.97. The van der Waals surface area contributed by atoms with Crippen molar-refractivity contribution in [3.63, 3.8) is 0 Å². The maximum atomic E-state index is 8.73. The molecule has 3 N–H and O–H groups in total. The fourth-order valence-corrected chi connectivity index (χ4v) is 3.71. The zero-order valence-corrected chi connectivity index (χ0v) is 12.8. The zero-order valence-electron chi connectivity index (χ0n) is 12.8. The van der Waals surface area contributed by atoms with Crippen molar-refractivity contribution < 1.29 is 5.21 Å². The molecule has 1 atom stereocenters. The van der Waals surface area contributed by atoms with Gasteiger partial charge < -0.3 is 15.8 Å². The average molecular weight is 282 g/mol. The molecule has 0 aromatic rings. The highest BCUT2D eigenvalue weighted by molar-refractivity contribution is 5.80. The van der Waals surface area contributed by atoms with Gasteiger partial charge in [-0.1, -0.05) is 18.5 Å². The van der Waals surface area contributed by atoms with E-state index in [1.165, 1.54) is 45.2 Å². The Labute approximate surface area is 122 Å². The smallest absolute Gasteiger partial charge is 0.140 e. The maximum Gasteiger partial charge on any atom is 0.140 e. The summed E-state index contributed by atoms with van der Waals surface area (Å²) in [6.45, 7) is 7.08. The molecule has 2 heterocycles. The Bertz CT molecular complexity index is 307. The van der Waals surface area contributed by atoms with Gasteiger partial charge >= 0.3 is 0 Å². The number of amidine groups is 1. The lowest BCUT2D eigenvalue weighted by molar-refractivity contribution is 0.0722. The molecule has 0 radical (unpaired) electrons. The first-order chi connectivity index (χ1) is 9.74. The van der Waals surface area contributed by atoms with Crippen molar-refractivity contribution in [1.82, 2.24) is 9.80 Å². The molecule has 20 heavy (non-hydrogen) atoms. The van der Waals surface area contributed by atoms with Crippen LogP contribution in [0.4, 0.5) is 0 Å². The van der Waals surface area contributed by atoms with E-state index in [1.807, 2.05) is 0 Å². The van der Waals surface area contributed by atoms with Crippen LogP contribution in [0.1, 0.15) is 51.9 Å². The van der Waals surface area contributed by atoms with Crippen LogP contribution in [0, 0.1) is 0 Å². The summed E-state index contributed by atoms with van der Waals surface area (Å²) in [7, 11) is 0. The van der Waals surface area contributed by atoms with Crippen molar-refractivity contribution in [2.75, 3.05) is 26.2 Å². The molecule has 5 heteroatoms. The second-order valence-electron chi connectivity index (χ2n) is 6.22. The molecule has 0 aromatic heterocycles. The van der Waals surface area contributed by atoms with Crippen LogP contribution in [0.5, 0.6) is 0 Å². The molecule has 2 fully saturated rings. The molecule has 0 aromatic carbocycles. The summed E-state index contributed by atoms with van der Waals surface area (Å²) in [6.07, 6.45) is 8.45. The second-order valence-corrected chi connectivity index (χ2v) is 6.22. The summed E-state index contributed by atoms with van der Waals surface area (Å²) in [5, 5.41) is 11.8. The zero-order chi connectivity index (χ0) is 14.4. The molecule has 0 bridgehead atoms. The lowest BCUT2D eigenvalue weighted by atomic mass is 9.97. The Morgan fingerprint density at radius 2 is 1.85 bits per heavy atom. The Balaban J connectivity index is 1.80. The third-order valence-corrected chi connectivity index (χ3v) is 4.97. The number of oxime groups is 1. The van der Waals surface area contributed by atoms with Gasteiger partial charge in [0.2, 0.25) is 0 Å². The van der Waals surface area contributed by atoms with Gasteiger partial charge in [-0.15, -0.1) is 0 Å². The lowest BCUT2D eigenvalue weighted by Crippen LogP contribution is -2.49. The standard InChI is InChI=1S/C15H30N4O/c1-2-13(12-15(16)17-20)19-10-6-14(7-11-19)18-8-4-3-5-9-18/h13-14,20H,2-12H2,1H3,(H2,16,17). The van der Waals surface area contributed by atoms with E-state index in [2.05, 4.69) is 21.9 Å². The van der Waals surface area contributed by atoms with Gasteiger partial charge in [0.05, 0.1) is 0 Å². The molecule has 2 aliphatic rings. The molecule has 5 nitrogen and oxygen atoms in total. The number of nitrogens with two attached hydrogens (primary N) is 1. The van der Waals surface area contributed by atoms with Crippen LogP contribution in [-0.2, 0) is 0 Å². The molecule has 2 aliphatic heterocycles. The van der Waals surface area contributed by atoms with Crippen LogP contribution in [0.25, 0.3) is 0 Å². The highest BCUT2D eigenvalue weighted by Crippen LogP contribution is 2.23. The van der Waals surface area contributed by atoms with Gasteiger partial charge in [0.15, 0.2) is 0 Å². The topological polar surface area (TPSA) is 65.1 Å². The van der Waals surface area contributed by atoms with Gasteiger partial charge in [-0.3, -0.25) is 4.90 Å². The van der Waals surface area contributed by atoms with Gasteiger partial charge in [-0.25, -0.2) is 0 Å². The molecular formula is C15H30N4O.